The van der Waals surface area contributed by atoms with Gasteiger partial charge in [-0.2, -0.15) is 8.42 Å². The minimum absolute atomic E-state index is 0.183. The minimum Gasteiger partial charge on any atom is -0.506 e. The molecule has 0 unspecified atom stereocenters. The third-order valence-electron chi connectivity index (χ3n) is 4.39. The number of hydrogen-bond acceptors (Lipinski definition) is 4. The van der Waals surface area contributed by atoms with Crippen molar-refractivity contribution in [3.63, 3.8) is 0 Å². The molecular formula is C16H19FN2O4S. The highest BCUT2D eigenvalue weighted by molar-refractivity contribution is 7.92. The zero-order valence-electron chi connectivity index (χ0n) is 13.0. The van der Waals surface area contributed by atoms with Crippen LogP contribution in [0.4, 0.5) is 10.1 Å². The number of nitrogens with zero attached hydrogens (tertiary/aromatic N) is 1. The predicted molar refractivity (Wildman–Crippen MR) is 88.1 cm³/mol. The van der Waals surface area contributed by atoms with E-state index in [-0.39, 0.29) is 5.56 Å². The molecule has 1 aromatic rings. The molecule has 2 N–H and O–H groups in total. The van der Waals surface area contributed by atoms with Crippen LogP contribution in [-0.2, 0) is 15.0 Å². The van der Waals surface area contributed by atoms with Crippen LogP contribution in [0.1, 0.15) is 37.7 Å². The Balaban J connectivity index is 1.93. The summed E-state index contributed by atoms with van der Waals surface area (Å²) in [6.45, 7) is -0.553. The van der Waals surface area contributed by atoms with E-state index in [4.69, 9.17) is 0 Å². The maximum absolute atomic E-state index is 14.8. The Morgan fingerprint density at radius 2 is 1.96 bits per heavy atom. The topological polar surface area (TPSA) is 86.7 Å². The summed E-state index contributed by atoms with van der Waals surface area (Å²) in [5, 5.41) is 9.90. The Morgan fingerprint density at radius 1 is 1.25 bits per heavy atom. The summed E-state index contributed by atoms with van der Waals surface area (Å²) < 4.78 is 40.9. The van der Waals surface area contributed by atoms with Gasteiger partial charge in [0.15, 0.2) is 5.82 Å². The van der Waals surface area contributed by atoms with Crippen molar-refractivity contribution in [2.45, 2.75) is 32.1 Å². The van der Waals surface area contributed by atoms with Crippen molar-refractivity contribution in [3.8, 4) is 5.75 Å². The third-order valence-corrected chi connectivity index (χ3v) is 5.77. The van der Waals surface area contributed by atoms with Crippen LogP contribution < -0.4 is 9.03 Å². The zero-order chi connectivity index (χ0) is 17.3. The third kappa shape index (κ3) is 3.24. The second-order valence-corrected chi connectivity index (χ2v) is 7.73. The van der Waals surface area contributed by atoms with E-state index in [1.165, 1.54) is 18.6 Å². The van der Waals surface area contributed by atoms with Gasteiger partial charge in [0.05, 0.1) is 0 Å². The molecule has 2 aliphatic rings. The summed E-state index contributed by atoms with van der Waals surface area (Å²) in [6, 6.07) is 2.63. The first-order valence-electron chi connectivity index (χ1n) is 7.91. The highest BCUT2D eigenvalue weighted by Gasteiger charge is 2.37. The summed E-state index contributed by atoms with van der Waals surface area (Å²) in [5.74, 6) is -1.77. The molecule has 1 amide bonds. The number of anilines is 1. The van der Waals surface area contributed by atoms with Gasteiger partial charge in [-0.3, -0.25) is 4.79 Å². The smallest absolute Gasteiger partial charge is 0.326 e. The molecule has 3 rings (SSSR count). The van der Waals surface area contributed by atoms with Crippen molar-refractivity contribution in [2.75, 3.05) is 10.8 Å². The molecule has 1 saturated carbocycles. The van der Waals surface area contributed by atoms with E-state index in [0.717, 1.165) is 25.7 Å². The van der Waals surface area contributed by atoms with Crippen molar-refractivity contribution in [1.82, 2.24) is 4.72 Å². The van der Waals surface area contributed by atoms with E-state index in [1.54, 1.807) is 10.8 Å². The Labute approximate surface area is 140 Å². The van der Waals surface area contributed by atoms with Gasteiger partial charge in [0.25, 0.3) is 5.91 Å². The number of aromatic hydroxyl groups is 1. The fourth-order valence-electron chi connectivity index (χ4n) is 3.15. The van der Waals surface area contributed by atoms with Gasteiger partial charge >= 0.3 is 10.2 Å². The van der Waals surface area contributed by atoms with E-state index in [1.807, 2.05) is 6.08 Å². The van der Waals surface area contributed by atoms with Crippen LogP contribution in [0, 0.1) is 11.7 Å². The molecule has 0 bridgehead atoms. The molecule has 6 nitrogen and oxygen atoms in total. The molecule has 130 valence electrons. The first-order valence-corrected chi connectivity index (χ1v) is 9.35. The quantitative estimate of drug-likeness (QED) is 0.872. The number of hydrogen-bond donors (Lipinski definition) is 2. The van der Waals surface area contributed by atoms with Gasteiger partial charge in [-0.1, -0.05) is 31.4 Å². The number of allylic oxidation sites excluding steroid dienone is 1. The second-order valence-electron chi connectivity index (χ2n) is 6.13. The summed E-state index contributed by atoms with van der Waals surface area (Å²) >= 11 is 0. The Kier molecular flexibility index (Phi) is 4.49. The van der Waals surface area contributed by atoms with Crippen LogP contribution in [0.2, 0.25) is 0 Å². The van der Waals surface area contributed by atoms with Crippen molar-refractivity contribution >= 4 is 27.9 Å². The molecule has 1 aromatic carbocycles. The monoisotopic (exact) mass is 354 g/mol. The summed E-state index contributed by atoms with van der Waals surface area (Å²) in [6.07, 6.45) is 9.18. The molecular weight excluding hydrogens is 335 g/mol. The fourth-order valence-corrected chi connectivity index (χ4v) is 4.31. The van der Waals surface area contributed by atoms with Gasteiger partial charge in [0.2, 0.25) is 0 Å². The number of halogens is 1. The normalized spacial score (nSPS) is 21.4. The predicted octanol–water partition coefficient (Wildman–Crippen LogP) is 2.31. The molecule has 1 heterocycles. The van der Waals surface area contributed by atoms with Gasteiger partial charge in [-0.05, 0) is 30.9 Å². The maximum atomic E-state index is 14.8. The van der Waals surface area contributed by atoms with E-state index < -0.39 is 39.9 Å². The van der Waals surface area contributed by atoms with Crippen LogP contribution in [0.5, 0.6) is 5.75 Å². The number of rotatable bonds is 3. The van der Waals surface area contributed by atoms with E-state index in [9.17, 15) is 22.7 Å². The first-order chi connectivity index (χ1) is 11.4. The maximum Gasteiger partial charge on any atom is 0.326 e. The highest BCUT2D eigenvalue weighted by atomic mass is 32.2. The summed E-state index contributed by atoms with van der Waals surface area (Å²) in [5.41, 5.74) is -0.318. The molecule has 1 saturated heterocycles. The van der Waals surface area contributed by atoms with Gasteiger partial charge in [0, 0.05) is 5.56 Å². The zero-order valence-corrected chi connectivity index (χ0v) is 13.9. The number of amides is 1. The molecule has 0 aromatic heterocycles. The largest absolute Gasteiger partial charge is 0.506 e. The highest BCUT2D eigenvalue weighted by Crippen LogP contribution is 2.36. The summed E-state index contributed by atoms with van der Waals surface area (Å²) in [7, 11) is -4.18. The van der Waals surface area contributed by atoms with Crippen molar-refractivity contribution in [2.24, 2.45) is 5.92 Å². The van der Waals surface area contributed by atoms with Crippen molar-refractivity contribution < 1.29 is 22.7 Å². The minimum atomic E-state index is -4.18. The van der Waals surface area contributed by atoms with Gasteiger partial charge in [0.1, 0.15) is 18.0 Å². The lowest BCUT2D eigenvalue weighted by Crippen LogP contribution is -2.30. The summed E-state index contributed by atoms with van der Waals surface area (Å²) in [4.78, 5) is 11.3. The number of benzene rings is 1. The standard InChI is InChI=1S/C16H19FN2O4S/c17-15-12(7-6-11-4-2-1-3-5-11)8-9-13(20)16(15)19-10-14(21)18-24(19,22)23/h6-9,11,20H,1-5,10H2,(H,18,21)/b7-6+. The lowest BCUT2D eigenvalue weighted by atomic mass is 9.89. The fraction of sp³-hybridized carbons (Fsp3) is 0.438. The average molecular weight is 354 g/mol. The van der Waals surface area contributed by atoms with Gasteiger partial charge in [-0.25, -0.2) is 13.4 Å². The number of phenolic OH excluding ortho intramolecular Hbond substituents is 1. The molecule has 1 aliphatic heterocycles. The number of carbonyl (C=O) groups excluding carboxylic acids is 1. The molecule has 0 spiro atoms. The second kappa shape index (κ2) is 6.43. The van der Waals surface area contributed by atoms with Crippen LogP contribution in [0.15, 0.2) is 18.2 Å². The van der Waals surface area contributed by atoms with E-state index in [0.29, 0.717) is 10.2 Å². The van der Waals surface area contributed by atoms with Crippen molar-refractivity contribution in [1.29, 1.82) is 0 Å². The SMILES string of the molecule is O=C1CN(c2c(O)ccc(/C=C/C3CCCCC3)c2F)S(=O)(=O)N1. The van der Waals surface area contributed by atoms with E-state index in [2.05, 4.69) is 0 Å². The average Bonchev–Trinajstić information content (AvgIpc) is 2.80. The number of carbonyl (C=O) groups is 1. The van der Waals surface area contributed by atoms with Crippen LogP contribution in [-0.4, -0.2) is 26.0 Å². The molecule has 1 aliphatic carbocycles. The molecule has 0 atom stereocenters. The van der Waals surface area contributed by atoms with Crippen LogP contribution in [0.25, 0.3) is 6.08 Å². The first kappa shape index (κ1) is 16.8. The van der Waals surface area contributed by atoms with E-state index >= 15 is 0 Å². The lowest BCUT2D eigenvalue weighted by Gasteiger charge is -2.19. The number of nitrogens with one attached hydrogen (secondary N) is 1. The Hall–Kier alpha value is -2.09. The van der Waals surface area contributed by atoms with Gasteiger partial charge in [-0.15, -0.1) is 0 Å². The van der Waals surface area contributed by atoms with Gasteiger partial charge < -0.3 is 5.11 Å². The molecule has 8 heteroatoms. The Morgan fingerprint density at radius 3 is 2.58 bits per heavy atom. The Bertz CT molecular complexity index is 786. The van der Waals surface area contributed by atoms with Crippen LogP contribution in [0.3, 0.4) is 0 Å². The molecule has 24 heavy (non-hydrogen) atoms. The van der Waals surface area contributed by atoms with Crippen LogP contribution >= 0.6 is 0 Å². The molecule has 2 fully saturated rings. The lowest BCUT2D eigenvalue weighted by molar-refractivity contribution is -0.117. The van der Waals surface area contributed by atoms with Crippen molar-refractivity contribution in [3.05, 3.63) is 29.6 Å². The molecule has 0 radical (unpaired) electrons. The number of phenols is 1.